The van der Waals surface area contributed by atoms with Gasteiger partial charge < -0.3 is 10.4 Å². The van der Waals surface area contributed by atoms with Gasteiger partial charge in [-0.3, -0.25) is 5.23 Å². The summed E-state index contributed by atoms with van der Waals surface area (Å²) < 4.78 is 0.819. The maximum absolute atomic E-state index is 11.2. The normalized spacial score (nSPS) is 40.7. The van der Waals surface area contributed by atoms with Crippen molar-refractivity contribution in [2.24, 2.45) is 5.92 Å². The summed E-state index contributed by atoms with van der Waals surface area (Å²) in [5.74, 6) is 0.707. The van der Waals surface area contributed by atoms with Crippen LogP contribution < -0.4 is 10.9 Å². The number of halogens is 1. The highest BCUT2D eigenvalue weighted by Crippen LogP contribution is 2.35. The predicted octanol–water partition coefficient (Wildman–Crippen LogP) is 3.68. The Morgan fingerprint density at radius 2 is 1.30 bits per heavy atom. The second-order valence-electron chi connectivity index (χ2n) is 8.99. The molecule has 0 bridgehead atoms. The first-order valence-corrected chi connectivity index (χ1v) is 12.3. The lowest BCUT2D eigenvalue weighted by Crippen LogP contribution is -2.57. The van der Waals surface area contributed by atoms with Gasteiger partial charge in [0.1, 0.15) is 0 Å². The van der Waals surface area contributed by atoms with E-state index in [-0.39, 0.29) is 11.3 Å². The van der Waals surface area contributed by atoms with Crippen molar-refractivity contribution in [3.05, 3.63) is 5.21 Å². The van der Waals surface area contributed by atoms with Crippen LogP contribution in [0.25, 0.3) is 0 Å². The van der Waals surface area contributed by atoms with E-state index >= 15 is 0 Å². The highest BCUT2D eigenvalue weighted by Gasteiger charge is 2.42. The SMILES string of the molecule is [O-]N(O)C1CCC(N2NC(C3CCCCC3)NN2C2CCC(I)CC2)CC1. The molecule has 0 spiro atoms. The second-order valence-corrected chi connectivity index (χ2v) is 10.8. The zero-order chi connectivity index (χ0) is 18.8. The molecule has 0 amide bonds. The largest absolute Gasteiger partial charge is 0.762 e. The molecule has 3 saturated carbocycles. The minimum atomic E-state index is -0.228. The van der Waals surface area contributed by atoms with Gasteiger partial charge in [-0.1, -0.05) is 41.9 Å². The fourth-order valence-corrected chi connectivity index (χ4v) is 6.20. The number of hydrogen-bond acceptors (Lipinski definition) is 7. The van der Waals surface area contributed by atoms with Crippen LogP contribution in [0.5, 0.6) is 0 Å². The maximum Gasteiger partial charge on any atom is 0.0892 e. The van der Waals surface area contributed by atoms with Gasteiger partial charge in [-0.15, -0.1) is 0 Å². The highest BCUT2D eigenvalue weighted by atomic mass is 127. The molecule has 1 aliphatic heterocycles. The summed E-state index contributed by atoms with van der Waals surface area (Å²) in [5.41, 5.74) is 7.68. The van der Waals surface area contributed by atoms with Gasteiger partial charge in [0, 0.05) is 22.1 Å². The number of hydroxylamine groups is 2. The van der Waals surface area contributed by atoms with Gasteiger partial charge in [-0.2, -0.15) is 10.2 Å². The smallest absolute Gasteiger partial charge is 0.0892 e. The quantitative estimate of drug-likeness (QED) is 0.314. The molecule has 1 atom stereocenters. The van der Waals surface area contributed by atoms with Crippen LogP contribution in [0.4, 0.5) is 0 Å². The van der Waals surface area contributed by atoms with Crippen molar-refractivity contribution < 1.29 is 5.21 Å². The van der Waals surface area contributed by atoms with Crippen LogP contribution in [-0.2, 0) is 0 Å². The van der Waals surface area contributed by atoms with E-state index in [9.17, 15) is 10.4 Å². The van der Waals surface area contributed by atoms with E-state index in [1.807, 2.05) is 0 Å². The molecular formula is C19H35IN5O2-. The van der Waals surface area contributed by atoms with Crippen molar-refractivity contribution in [3.8, 4) is 0 Å². The van der Waals surface area contributed by atoms with E-state index in [1.54, 1.807) is 0 Å². The third-order valence-electron chi connectivity index (χ3n) is 7.19. The Kier molecular flexibility index (Phi) is 7.29. The van der Waals surface area contributed by atoms with Crippen LogP contribution >= 0.6 is 22.6 Å². The topological polar surface area (TPSA) is 77.1 Å². The van der Waals surface area contributed by atoms with Crippen molar-refractivity contribution in [3.63, 3.8) is 0 Å². The number of hydrogen-bond donors (Lipinski definition) is 3. The fourth-order valence-electron chi connectivity index (χ4n) is 5.48. The van der Waals surface area contributed by atoms with Crippen LogP contribution in [0.3, 0.4) is 0 Å². The van der Waals surface area contributed by atoms with E-state index < -0.39 is 0 Å². The van der Waals surface area contributed by atoms with Gasteiger partial charge in [0.05, 0.1) is 6.17 Å². The van der Waals surface area contributed by atoms with Gasteiger partial charge in [0.2, 0.25) is 0 Å². The molecule has 1 saturated heterocycles. The Morgan fingerprint density at radius 3 is 1.81 bits per heavy atom. The second kappa shape index (κ2) is 9.51. The van der Waals surface area contributed by atoms with Crippen molar-refractivity contribution in [2.75, 3.05) is 0 Å². The molecule has 3 aliphatic carbocycles. The molecule has 4 aliphatic rings. The van der Waals surface area contributed by atoms with E-state index in [0.717, 1.165) is 29.6 Å². The lowest BCUT2D eigenvalue weighted by atomic mass is 9.87. The molecule has 27 heavy (non-hydrogen) atoms. The molecule has 0 aromatic carbocycles. The molecule has 156 valence electrons. The van der Waals surface area contributed by atoms with Gasteiger partial charge >= 0.3 is 0 Å². The number of nitrogens with one attached hydrogen (secondary N) is 2. The highest BCUT2D eigenvalue weighted by molar-refractivity contribution is 14.1. The molecule has 1 heterocycles. The molecule has 7 nitrogen and oxygen atoms in total. The van der Waals surface area contributed by atoms with Crippen molar-refractivity contribution in [1.29, 1.82) is 0 Å². The number of hydrazine groups is 3. The monoisotopic (exact) mass is 492 g/mol. The van der Waals surface area contributed by atoms with Crippen LogP contribution in [0.1, 0.15) is 83.5 Å². The summed E-state index contributed by atoms with van der Waals surface area (Å²) in [5, 5.41) is 25.5. The molecule has 8 heteroatoms. The molecule has 0 aromatic rings. The summed E-state index contributed by atoms with van der Waals surface area (Å²) in [6.45, 7) is 0. The van der Waals surface area contributed by atoms with Crippen molar-refractivity contribution in [1.82, 2.24) is 26.3 Å². The standard InChI is InChI=1S/C19H35IN5O2/c20-15-6-8-16(9-7-15)23-21-19(14-4-2-1-3-5-14)22-24(23)17-10-12-18(13-11-17)25(26)27/h14-19,21-22,26H,1-13H2/q-1. The van der Waals surface area contributed by atoms with E-state index in [2.05, 4.69) is 43.7 Å². The van der Waals surface area contributed by atoms with Gasteiger partial charge in [0.15, 0.2) is 0 Å². The number of rotatable bonds is 4. The number of nitrogens with zero attached hydrogens (tertiary/aromatic N) is 3. The van der Waals surface area contributed by atoms with Crippen molar-refractivity contribution >= 4 is 22.6 Å². The first-order valence-electron chi connectivity index (χ1n) is 11.0. The Bertz CT molecular complexity index is 463. The molecule has 0 aromatic heterocycles. The van der Waals surface area contributed by atoms with Gasteiger partial charge in [0.25, 0.3) is 0 Å². The Labute approximate surface area is 176 Å². The van der Waals surface area contributed by atoms with E-state index in [1.165, 1.54) is 57.8 Å². The van der Waals surface area contributed by atoms with Crippen LogP contribution in [0, 0.1) is 11.1 Å². The summed E-state index contributed by atoms with van der Waals surface area (Å²) in [6, 6.07) is 0.733. The summed E-state index contributed by atoms with van der Waals surface area (Å²) in [4.78, 5) is 0. The molecular weight excluding hydrogens is 457 g/mol. The fraction of sp³-hybridized carbons (Fsp3) is 1.00. The first kappa shape index (κ1) is 20.7. The van der Waals surface area contributed by atoms with Crippen LogP contribution in [0.2, 0.25) is 0 Å². The van der Waals surface area contributed by atoms with E-state index in [4.69, 9.17) is 0 Å². The zero-order valence-corrected chi connectivity index (χ0v) is 18.4. The van der Waals surface area contributed by atoms with Crippen molar-refractivity contribution in [2.45, 2.75) is 112 Å². The lowest BCUT2D eigenvalue weighted by Gasteiger charge is -2.43. The van der Waals surface area contributed by atoms with Crippen LogP contribution in [-0.4, -0.2) is 48.9 Å². The number of alkyl halides is 1. The molecule has 0 radical (unpaired) electrons. The lowest BCUT2D eigenvalue weighted by molar-refractivity contribution is -0.138. The molecule has 3 N–H and O–H groups in total. The molecule has 4 fully saturated rings. The van der Waals surface area contributed by atoms with Gasteiger partial charge in [-0.25, -0.2) is 10.9 Å². The average Bonchev–Trinajstić information content (AvgIpc) is 3.15. The first-order chi connectivity index (χ1) is 13.1. The third kappa shape index (κ3) is 4.96. The summed E-state index contributed by atoms with van der Waals surface area (Å²) in [7, 11) is 0. The van der Waals surface area contributed by atoms with Crippen LogP contribution in [0.15, 0.2) is 0 Å². The van der Waals surface area contributed by atoms with Gasteiger partial charge in [-0.05, 0) is 70.1 Å². The minimum Gasteiger partial charge on any atom is -0.762 e. The predicted molar refractivity (Wildman–Crippen MR) is 113 cm³/mol. The minimum absolute atomic E-state index is 0.177. The third-order valence-corrected chi connectivity index (χ3v) is 8.44. The average molecular weight is 492 g/mol. The van der Waals surface area contributed by atoms with E-state index in [0.29, 0.717) is 24.2 Å². The Balaban J connectivity index is 1.42. The zero-order valence-electron chi connectivity index (χ0n) is 16.2. The summed E-state index contributed by atoms with van der Waals surface area (Å²) in [6.07, 6.45) is 15.6. The Hall–Kier alpha value is 0.450. The summed E-state index contributed by atoms with van der Waals surface area (Å²) >= 11 is 2.60. The maximum atomic E-state index is 11.2. The molecule has 1 unspecified atom stereocenters. The Morgan fingerprint density at radius 1 is 0.778 bits per heavy atom. The molecule has 4 rings (SSSR count).